The Morgan fingerprint density at radius 1 is 1.48 bits per heavy atom. The maximum absolute atomic E-state index is 13.5. The molecule has 1 aliphatic heterocycles. The fourth-order valence-electron chi connectivity index (χ4n) is 2.34. The van der Waals surface area contributed by atoms with Gasteiger partial charge in [-0.15, -0.1) is 0 Å². The van der Waals surface area contributed by atoms with E-state index in [1.165, 1.54) is 11.8 Å². The number of alkyl halides is 1. The molecule has 1 saturated heterocycles. The van der Waals surface area contributed by atoms with E-state index < -0.39 is 23.4 Å². The van der Waals surface area contributed by atoms with Crippen molar-refractivity contribution in [3.8, 4) is 0 Å². The van der Waals surface area contributed by atoms with Crippen molar-refractivity contribution in [2.24, 2.45) is 0 Å². The molecule has 0 saturated carbocycles. The lowest BCUT2D eigenvalue weighted by molar-refractivity contribution is -0.526. The second-order valence-corrected chi connectivity index (χ2v) is 4.97. The first kappa shape index (κ1) is 15.2. The van der Waals surface area contributed by atoms with Crippen LogP contribution in [-0.4, -0.2) is 40.9 Å². The van der Waals surface area contributed by atoms with Gasteiger partial charge in [0.2, 0.25) is 5.91 Å². The van der Waals surface area contributed by atoms with E-state index in [9.17, 15) is 24.4 Å². The summed E-state index contributed by atoms with van der Waals surface area (Å²) in [6.07, 6.45) is -4.43. The third-order valence-electron chi connectivity index (χ3n) is 3.36. The summed E-state index contributed by atoms with van der Waals surface area (Å²) in [6, 6.07) is 6.38. The van der Waals surface area contributed by atoms with Crippen molar-refractivity contribution < 1.29 is 19.2 Å². The lowest BCUT2D eigenvalue weighted by Gasteiger charge is -2.35. The minimum absolute atomic E-state index is 0.147. The Balaban J connectivity index is 2.21. The average molecular weight is 297 g/mol. The van der Waals surface area contributed by atoms with Crippen LogP contribution in [0, 0.1) is 10.1 Å². The lowest BCUT2D eigenvalue weighted by Crippen LogP contribution is -2.54. The third kappa shape index (κ3) is 3.46. The summed E-state index contributed by atoms with van der Waals surface area (Å²) in [7, 11) is 0. The number of hydrogen-bond acceptors (Lipinski definition) is 5. The number of aliphatic hydroxyl groups is 1. The van der Waals surface area contributed by atoms with Gasteiger partial charge in [-0.1, -0.05) is 0 Å². The van der Waals surface area contributed by atoms with Gasteiger partial charge in [-0.25, -0.2) is 4.39 Å². The van der Waals surface area contributed by atoms with Crippen molar-refractivity contribution >= 4 is 17.3 Å². The summed E-state index contributed by atoms with van der Waals surface area (Å²) in [6.45, 7) is 1.23. The van der Waals surface area contributed by atoms with E-state index in [1.807, 2.05) is 0 Å². The summed E-state index contributed by atoms with van der Waals surface area (Å²) in [5.41, 5.74) is 1.06. The molecule has 8 heteroatoms. The summed E-state index contributed by atoms with van der Waals surface area (Å²) in [4.78, 5) is 22.8. The molecule has 0 aromatic heterocycles. The number of nitrogens with zero attached hydrogens (tertiary/aromatic N) is 2. The molecule has 114 valence electrons. The van der Waals surface area contributed by atoms with Gasteiger partial charge in [0.05, 0.1) is 13.0 Å². The number of benzene rings is 1. The normalized spacial score (nSPS) is 25.5. The predicted octanol–water partition coefficient (Wildman–Crippen LogP) is 1.16. The van der Waals surface area contributed by atoms with Gasteiger partial charge < -0.3 is 15.3 Å². The highest BCUT2D eigenvalue weighted by atomic mass is 19.1. The Morgan fingerprint density at radius 3 is 2.62 bits per heavy atom. The fourth-order valence-corrected chi connectivity index (χ4v) is 2.34. The van der Waals surface area contributed by atoms with Gasteiger partial charge in [0.25, 0.3) is 6.17 Å². The maximum Gasteiger partial charge on any atom is 0.290 e. The largest absolute Gasteiger partial charge is 0.388 e. The minimum Gasteiger partial charge on any atom is -0.388 e. The standard InChI is InChI=1S/C13H16FN3O4/c1-8(18)15-9-2-4-10(5-3-9)16-7-12(19)11(14)6-13(16)17(20)21/h2-5,11-13,19H,6-7H2,1H3,(H,15,18). The first-order valence-corrected chi connectivity index (χ1v) is 6.48. The number of anilines is 2. The van der Waals surface area contributed by atoms with Crippen molar-refractivity contribution in [2.75, 3.05) is 16.8 Å². The number of halogens is 1. The van der Waals surface area contributed by atoms with Crippen LogP contribution >= 0.6 is 0 Å². The van der Waals surface area contributed by atoms with Crippen LogP contribution in [0.4, 0.5) is 15.8 Å². The molecule has 1 aromatic rings. The number of nitro groups is 1. The molecular formula is C13H16FN3O4. The molecular weight excluding hydrogens is 281 g/mol. The van der Waals surface area contributed by atoms with Crippen LogP contribution in [0.1, 0.15) is 13.3 Å². The van der Waals surface area contributed by atoms with Gasteiger partial charge >= 0.3 is 0 Å². The van der Waals surface area contributed by atoms with Crippen molar-refractivity contribution in [2.45, 2.75) is 31.8 Å². The number of amides is 1. The number of hydrogen-bond donors (Lipinski definition) is 2. The van der Waals surface area contributed by atoms with Crippen LogP contribution < -0.4 is 10.2 Å². The molecule has 2 N–H and O–H groups in total. The smallest absolute Gasteiger partial charge is 0.290 e. The van der Waals surface area contributed by atoms with Gasteiger partial charge in [0.15, 0.2) is 0 Å². The van der Waals surface area contributed by atoms with E-state index in [4.69, 9.17) is 0 Å². The zero-order chi connectivity index (χ0) is 15.6. The van der Waals surface area contributed by atoms with Gasteiger partial charge in [-0.05, 0) is 24.3 Å². The van der Waals surface area contributed by atoms with Gasteiger partial charge in [-0.3, -0.25) is 14.9 Å². The summed E-state index contributed by atoms with van der Waals surface area (Å²) in [5.74, 6) is -0.223. The minimum atomic E-state index is -1.60. The SMILES string of the molecule is CC(=O)Nc1ccc(N2CC(O)C(F)CC2[N+](=O)[O-])cc1. The maximum atomic E-state index is 13.5. The molecule has 1 aliphatic rings. The third-order valence-corrected chi connectivity index (χ3v) is 3.36. The monoisotopic (exact) mass is 297 g/mol. The molecule has 0 spiro atoms. The van der Waals surface area contributed by atoms with E-state index >= 15 is 0 Å². The van der Waals surface area contributed by atoms with Crippen LogP contribution in [0.15, 0.2) is 24.3 Å². The Morgan fingerprint density at radius 2 is 2.10 bits per heavy atom. The molecule has 0 aliphatic carbocycles. The number of nitrogens with one attached hydrogen (secondary N) is 1. The second kappa shape index (κ2) is 6.04. The first-order valence-electron chi connectivity index (χ1n) is 6.48. The molecule has 1 fully saturated rings. The number of carbonyl (C=O) groups is 1. The summed E-state index contributed by atoms with van der Waals surface area (Å²) in [5, 5.41) is 23.2. The highest BCUT2D eigenvalue weighted by Crippen LogP contribution is 2.28. The van der Waals surface area contributed by atoms with Crippen LogP contribution in [-0.2, 0) is 4.79 Å². The van der Waals surface area contributed by atoms with Crippen molar-refractivity contribution in [3.05, 3.63) is 34.4 Å². The number of aliphatic hydroxyl groups excluding tert-OH is 1. The van der Waals surface area contributed by atoms with Gasteiger partial charge in [0.1, 0.15) is 12.3 Å². The predicted molar refractivity (Wildman–Crippen MR) is 74.4 cm³/mol. The molecule has 2 rings (SSSR count). The Kier molecular flexibility index (Phi) is 4.37. The molecule has 1 heterocycles. The quantitative estimate of drug-likeness (QED) is 0.644. The molecule has 1 aromatic carbocycles. The van der Waals surface area contributed by atoms with Crippen LogP contribution in [0.2, 0.25) is 0 Å². The molecule has 3 atom stereocenters. The van der Waals surface area contributed by atoms with Crippen molar-refractivity contribution in [3.63, 3.8) is 0 Å². The van der Waals surface area contributed by atoms with Crippen LogP contribution in [0.25, 0.3) is 0 Å². The van der Waals surface area contributed by atoms with Crippen LogP contribution in [0.3, 0.4) is 0 Å². The highest BCUT2D eigenvalue weighted by Gasteiger charge is 2.41. The second-order valence-electron chi connectivity index (χ2n) is 4.97. The van der Waals surface area contributed by atoms with Crippen molar-refractivity contribution in [1.82, 2.24) is 0 Å². The van der Waals surface area contributed by atoms with E-state index in [0.717, 1.165) is 0 Å². The number of carbonyl (C=O) groups excluding carboxylic acids is 1. The Bertz CT molecular complexity index is 537. The van der Waals surface area contributed by atoms with Gasteiger partial charge in [-0.2, -0.15) is 0 Å². The summed E-state index contributed by atoms with van der Waals surface area (Å²) >= 11 is 0. The zero-order valence-corrected chi connectivity index (χ0v) is 11.4. The van der Waals surface area contributed by atoms with Crippen LogP contribution in [0.5, 0.6) is 0 Å². The molecule has 0 radical (unpaired) electrons. The lowest BCUT2D eigenvalue weighted by atomic mass is 10.0. The molecule has 21 heavy (non-hydrogen) atoms. The number of piperidine rings is 1. The summed E-state index contributed by atoms with van der Waals surface area (Å²) < 4.78 is 13.5. The number of β-amino-alcohol motifs (C(OH)–C–C–N with tert-alkyl or cyclic N) is 1. The average Bonchev–Trinajstić information content (AvgIpc) is 2.41. The molecule has 1 amide bonds. The molecule has 3 unspecified atom stereocenters. The topological polar surface area (TPSA) is 95.7 Å². The highest BCUT2D eigenvalue weighted by molar-refractivity contribution is 5.88. The fraction of sp³-hybridized carbons (Fsp3) is 0.462. The molecule has 7 nitrogen and oxygen atoms in total. The van der Waals surface area contributed by atoms with Gasteiger partial charge in [0, 0.05) is 23.2 Å². The Hall–Kier alpha value is -2.22. The Labute approximate surface area is 120 Å². The van der Waals surface area contributed by atoms with E-state index in [-0.39, 0.29) is 18.9 Å². The first-order chi connectivity index (χ1) is 9.88. The van der Waals surface area contributed by atoms with E-state index in [1.54, 1.807) is 24.3 Å². The molecule has 0 bridgehead atoms. The van der Waals surface area contributed by atoms with Crippen molar-refractivity contribution in [1.29, 1.82) is 0 Å². The number of rotatable bonds is 3. The van der Waals surface area contributed by atoms with E-state index in [2.05, 4.69) is 5.32 Å². The zero-order valence-electron chi connectivity index (χ0n) is 11.4. The van der Waals surface area contributed by atoms with E-state index in [0.29, 0.717) is 11.4 Å².